The van der Waals surface area contributed by atoms with Crippen molar-refractivity contribution in [2.45, 2.75) is 19.0 Å². The van der Waals surface area contributed by atoms with Crippen molar-refractivity contribution in [2.75, 3.05) is 26.3 Å². The number of thiocarbonyl (C=S) groups is 1. The highest BCUT2D eigenvalue weighted by atomic mass is 32.1. The topological polar surface area (TPSA) is 80.3 Å². The number of nitrogens with one attached hydrogen (secondary N) is 1. The number of benzene rings is 2. The smallest absolute Gasteiger partial charge is 0.251 e. The Bertz CT molecular complexity index is 995. The molecular formula is C21H21N3O5S. The number of amides is 2. The van der Waals surface area contributed by atoms with E-state index in [-0.39, 0.29) is 25.0 Å². The number of hydrogen-bond acceptors (Lipinski definition) is 6. The van der Waals surface area contributed by atoms with Gasteiger partial charge in [-0.1, -0.05) is 6.07 Å². The number of carbonyl (C=O) groups excluding carboxylic acids is 2. The van der Waals surface area contributed by atoms with Gasteiger partial charge in [0.15, 0.2) is 16.6 Å². The van der Waals surface area contributed by atoms with E-state index in [4.69, 9.17) is 26.4 Å². The van der Waals surface area contributed by atoms with Gasteiger partial charge in [-0.2, -0.15) is 0 Å². The maximum absolute atomic E-state index is 12.7. The van der Waals surface area contributed by atoms with Crippen molar-refractivity contribution >= 4 is 34.8 Å². The summed E-state index contributed by atoms with van der Waals surface area (Å²) in [6.45, 7) is 0.572. The van der Waals surface area contributed by atoms with Crippen LogP contribution in [0.3, 0.4) is 0 Å². The van der Waals surface area contributed by atoms with Crippen LogP contribution >= 0.6 is 12.2 Å². The number of rotatable bonds is 6. The fraction of sp³-hybridized carbons (Fsp3) is 0.286. The van der Waals surface area contributed by atoms with E-state index in [1.807, 2.05) is 18.2 Å². The van der Waals surface area contributed by atoms with Crippen LogP contribution in [-0.2, 0) is 16.1 Å². The Hall–Kier alpha value is -3.33. The predicted molar refractivity (Wildman–Crippen MR) is 114 cm³/mol. The molecule has 1 fully saturated rings. The molecule has 2 heterocycles. The van der Waals surface area contributed by atoms with E-state index >= 15 is 0 Å². The summed E-state index contributed by atoms with van der Waals surface area (Å²) >= 11 is 5.46. The fourth-order valence-corrected chi connectivity index (χ4v) is 3.73. The van der Waals surface area contributed by atoms with E-state index in [0.717, 1.165) is 5.56 Å². The van der Waals surface area contributed by atoms with E-state index in [1.54, 1.807) is 43.3 Å². The Balaban J connectivity index is 1.47. The minimum atomic E-state index is -0.675. The number of methoxy groups -OCH3 is 1. The molecule has 0 aromatic heterocycles. The third kappa shape index (κ3) is 3.88. The van der Waals surface area contributed by atoms with E-state index in [1.165, 1.54) is 4.90 Å². The average molecular weight is 427 g/mol. The van der Waals surface area contributed by atoms with E-state index in [0.29, 0.717) is 34.6 Å². The standard InChI is InChI=1S/C21H21N3O5S/c1-23-20(26)16(10-19(25)22-14-4-6-15(27-2)7-5-14)24(21(23)30)11-13-3-8-17-18(9-13)29-12-28-17/h3-9,16H,10-12H2,1-2H3,(H,22,25)/t16-/m1/s1. The lowest BCUT2D eigenvalue weighted by atomic mass is 10.1. The van der Waals surface area contributed by atoms with Gasteiger partial charge in [-0.05, 0) is 54.2 Å². The molecule has 9 heteroatoms. The molecule has 0 radical (unpaired) electrons. The number of ether oxygens (including phenoxy) is 3. The molecular weight excluding hydrogens is 406 g/mol. The molecule has 2 aliphatic heterocycles. The number of carbonyl (C=O) groups is 2. The molecule has 1 atom stereocenters. The summed E-state index contributed by atoms with van der Waals surface area (Å²) in [4.78, 5) is 28.5. The van der Waals surface area contributed by atoms with Crippen LogP contribution in [0.25, 0.3) is 0 Å². The first kappa shape index (κ1) is 20.0. The van der Waals surface area contributed by atoms with Crippen molar-refractivity contribution in [1.29, 1.82) is 0 Å². The van der Waals surface area contributed by atoms with E-state index in [2.05, 4.69) is 5.32 Å². The van der Waals surface area contributed by atoms with Crippen molar-refractivity contribution in [2.24, 2.45) is 0 Å². The van der Waals surface area contributed by atoms with Gasteiger partial charge >= 0.3 is 0 Å². The first-order valence-corrected chi connectivity index (χ1v) is 9.77. The lowest BCUT2D eigenvalue weighted by molar-refractivity contribution is -0.130. The number of nitrogens with zero attached hydrogens (tertiary/aromatic N) is 2. The number of hydrogen-bond donors (Lipinski definition) is 1. The summed E-state index contributed by atoms with van der Waals surface area (Å²) in [5.41, 5.74) is 1.54. The van der Waals surface area contributed by atoms with Gasteiger partial charge in [-0.3, -0.25) is 14.5 Å². The van der Waals surface area contributed by atoms with Gasteiger partial charge in [-0.25, -0.2) is 0 Å². The van der Waals surface area contributed by atoms with E-state index in [9.17, 15) is 9.59 Å². The molecule has 2 aromatic rings. The molecule has 30 heavy (non-hydrogen) atoms. The fourth-order valence-electron chi connectivity index (χ4n) is 3.45. The molecule has 0 unspecified atom stereocenters. The quantitative estimate of drug-likeness (QED) is 0.709. The molecule has 4 rings (SSSR count). The molecule has 2 aliphatic rings. The van der Waals surface area contributed by atoms with Gasteiger partial charge in [0.05, 0.1) is 13.5 Å². The van der Waals surface area contributed by atoms with E-state index < -0.39 is 6.04 Å². The molecule has 0 aliphatic carbocycles. The van der Waals surface area contributed by atoms with Gasteiger partial charge in [0.1, 0.15) is 11.8 Å². The SMILES string of the molecule is COc1ccc(NC(=O)C[C@@H]2C(=O)N(C)C(=S)N2Cc2ccc3c(c2)OCO3)cc1. The molecule has 2 aromatic carbocycles. The highest BCUT2D eigenvalue weighted by Crippen LogP contribution is 2.33. The number of likely N-dealkylation sites (N-methyl/N-ethyl adjacent to an activating group) is 1. The monoisotopic (exact) mass is 427 g/mol. The van der Waals surface area contributed by atoms with Gasteiger partial charge < -0.3 is 24.4 Å². The van der Waals surface area contributed by atoms with Crippen molar-refractivity contribution in [3.63, 3.8) is 0 Å². The normalized spacial score (nSPS) is 17.5. The van der Waals surface area contributed by atoms with Crippen LogP contribution in [0, 0.1) is 0 Å². The summed E-state index contributed by atoms with van der Waals surface area (Å²) in [5, 5.41) is 3.21. The molecule has 8 nitrogen and oxygen atoms in total. The zero-order valence-electron chi connectivity index (χ0n) is 16.6. The van der Waals surface area contributed by atoms with Crippen LogP contribution in [0.1, 0.15) is 12.0 Å². The van der Waals surface area contributed by atoms with Gasteiger partial charge in [0, 0.05) is 19.3 Å². The molecule has 1 saturated heterocycles. The van der Waals surface area contributed by atoms with Crippen molar-refractivity contribution in [3.8, 4) is 17.2 Å². The first-order valence-electron chi connectivity index (χ1n) is 9.37. The maximum atomic E-state index is 12.7. The summed E-state index contributed by atoms with van der Waals surface area (Å²) in [6, 6.07) is 11.9. The highest BCUT2D eigenvalue weighted by Gasteiger charge is 2.41. The maximum Gasteiger partial charge on any atom is 0.251 e. The minimum absolute atomic E-state index is 0.0140. The highest BCUT2D eigenvalue weighted by molar-refractivity contribution is 7.80. The minimum Gasteiger partial charge on any atom is -0.497 e. The Kier molecular flexibility index (Phi) is 5.45. The molecule has 0 saturated carbocycles. The molecule has 0 spiro atoms. The lowest BCUT2D eigenvalue weighted by Crippen LogP contribution is -2.37. The Morgan fingerprint density at radius 3 is 2.67 bits per heavy atom. The second-order valence-electron chi connectivity index (χ2n) is 6.99. The molecule has 156 valence electrons. The third-order valence-electron chi connectivity index (χ3n) is 5.07. The first-order chi connectivity index (χ1) is 14.5. The Morgan fingerprint density at radius 1 is 1.20 bits per heavy atom. The van der Waals surface area contributed by atoms with Crippen LogP contribution in [0.4, 0.5) is 5.69 Å². The number of anilines is 1. The zero-order valence-corrected chi connectivity index (χ0v) is 17.4. The van der Waals surface area contributed by atoms with Crippen molar-refractivity contribution in [1.82, 2.24) is 9.80 Å². The van der Waals surface area contributed by atoms with Gasteiger partial charge in [0.25, 0.3) is 5.91 Å². The van der Waals surface area contributed by atoms with Crippen molar-refractivity contribution < 1.29 is 23.8 Å². The summed E-state index contributed by atoms with van der Waals surface area (Å²) in [7, 11) is 3.20. The predicted octanol–water partition coefficient (Wildman–Crippen LogP) is 2.38. The summed E-state index contributed by atoms with van der Waals surface area (Å²) in [6.07, 6.45) is -0.0140. The van der Waals surface area contributed by atoms with Crippen LogP contribution in [-0.4, -0.2) is 53.7 Å². The Labute approximate surface area is 179 Å². The summed E-state index contributed by atoms with van der Waals surface area (Å²) in [5.74, 6) is 1.57. The second-order valence-corrected chi connectivity index (χ2v) is 7.36. The third-order valence-corrected chi connectivity index (χ3v) is 5.58. The average Bonchev–Trinajstić information content (AvgIpc) is 3.29. The zero-order chi connectivity index (χ0) is 21.3. The lowest BCUT2D eigenvalue weighted by Gasteiger charge is -2.23. The molecule has 1 N–H and O–H groups in total. The number of fused-ring (bicyclic) bond motifs is 1. The largest absolute Gasteiger partial charge is 0.497 e. The summed E-state index contributed by atoms with van der Waals surface area (Å²) < 4.78 is 15.9. The van der Waals surface area contributed by atoms with Crippen LogP contribution < -0.4 is 19.5 Å². The van der Waals surface area contributed by atoms with Gasteiger partial charge in [0.2, 0.25) is 12.7 Å². The van der Waals surface area contributed by atoms with Crippen molar-refractivity contribution in [3.05, 3.63) is 48.0 Å². The van der Waals surface area contributed by atoms with Crippen LogP contribution in [0.5, 0.6) is 17.2 Å². The van der Waals surface area contributed by atoms with Crippen LogP contribution in [0.15, 0.2) is 42.5 Å². The van der Waals surface area contributed by atoms with Crippen LogP contribution in [0.2, 0.25) is 0 Å². The van der Waals surface area contributed by atoms with Gasteiger partial charge in [-0.15, -0.1) is 0 Å². The molecule has 0 bridgehead atoms. The second kappa shape index (κ2) is 8.19. The Morgan fingerprint density at radius 2 is 1.93 bits per heavy atom. The molecule has 2 amide bonds.